The summed E-state index contributed by atoms with van der Waals surface area (Å²) in [6, 6.07) is 0. The number of halogens is 5. The van der Waals surface area contributed by atoms with E-state index in [2.05, 4.69) is 0 Å². The molecular weight excluding hydrogens is 239 g/mol. The van der Waals surface area contributed by atoms with Crippen LogP contribution in [0.15, 0.2) is 0 Å². The van der Waals surface area contributed by atoms with Crippen LogP contribution >= 0.6 is 0 Å². The van der Waals surface area contributed by atoms with Crippen LogP contribution in [0.4, 0.5) is 22.0 Å². The zero-order chi connectivity index (χ0) is 12.2. The van der Waals surface area contributed by atoms with Gasteiger partial charge in [-0.1, -0.05) is 0 Å². The van der Waals surface area contributed by atoms with Gasteiger partial charge in [0.15, 0.2) is 0 Å². The largest absolute Gasteiger partial charge is 0.394 e. The van der Waals surface area contributed by atoms with Crippen LogP contribution in [0, 0.1) is 0 Å². The fourth-order valence-corrected chi connectivity index (χ4v) is 0.352. The third-order valence-corrected chi connectivity index (χ3v) is 0.511. The molecule has 10 heteroatoms. The van der Waals surface area contributed by atoms with E-state index in [1.165, 1.54) is 0 Å². The molecule has 0 atom stereocenters. The molecule has 0 bridgehead atoms. The summed E-state index contributed by atoms with van der Waals surface area (Å²) in [6.07, 6.45) is -6.81. The van der Waals surface area contributed by atoms with Gasteiger partial charge >= 0.3 is 16.6 Å². The molecule has 0 saturated carbocycles. The Kier molecular flexibility index (Phi) is 5.53. The van der Waals surface area contributed by atoms with Gasteiger partial charge in [0.05, 0.1) is 0 Å². The molecule has 0 spiro atoms. The molecular formula is C4H7F5O4S. The molecule has 0 aromatic rings. The maximum atomic E-state index is 11.5. The molecule has 0 aliphatic heterocycles. The molecule has 0 fully saturated rings. The minimum absolute atomic E-state index is 0.237. The lowest BCUT2D eigenvalue weighted by Crippen LogP contribution is -2.21. The first kappa shape index (κ1) is 16.0. The first-order valence-electron chi connectivity index (χ1n) is 2.85. The summed E-state index contributed by atoms with van der Waals surface area (Å²) in [4.78, 5) is 0. The molecule has 0 aromatic heterocycles. The highest BCUT2D eigenvalue weighted by atomic mass is 32.3. The summed E-state index contributed by atoms with van der Waals surface area (Å²) in [5.41, 5.74) is 0. The molecule has 0 rings (SSSR count). The van der Waals surface area contributed by atoms with E-state index in [1.54, 1.807) is 0 Å². The second kappa shape index (κ2) is 4.84. The van der Waals surface area contributed by atoms with Crippen LogP contribution in [-0.2, 0) is 10.4 Å². The van der Waals surface area contributed by atoms with Crippen molar-refractivity contribution in [3.8, 4) is 0 Å². The SMILES string of the molecule is CC(F)(F)CC(F)(F)F.O=S(=O)(O)O. The molecule has 88 valence electrons. The van der Waals surface area contributed by atoms with Crippen molar-refractivity contribution in [2.75, 3.05) is 0 Å². The van der Waals surface area contributed by atoms with E-state index in [0.717, 1.165) is 0 Å². The Hall–Kier alpha value is -0.480. The van der Waals surface area contributed by atoms with Crippen molar-refractivity contribution in [2.24, 2.45) is 0 Å². The summed E-state index contributed by atoms with van der Waals surface area (Å²) >= 11 is 0. The molecule has 0 amide bonds. The van der Waals surface area contributed by atoms with Gasteiger partial charge in [0.1, 0.15) is 6.42 Å². The van der Waals surface area contributed by atoms with Crippen molar-refractivity contribution >= 4 is 10.4 Å². The zero-order valence-corrected chi connectivity index (χ0v) is 7.53. The Morgan fingerprint density at radius 3 is 1.29 bits per heavy atom. The number of rotatable bonds is 1. The fourth-order valence-electron chi connectivity index (χ4n) is 0.352. The standard InChI is InChI=1S/C4H5F5.H2O4S/c1-3(5,6)2-4(7,8)9;1-5(2,3)4/h2H2,1H3;(H2,1,2,3,4). The van der Waals surface area contributed by atoms with E-state index in [-0.39, 0.29) is 6.92 Å². The second-order valence-electron chi connectivity index (χ2n) is 2.31. The van der Waals surface area contributed by atoms with Crippen LogP contribution in [0.25, 0.3) is 0 Å². The first-order valence-corrected chi connectivity index (χ1v) is 4.25. The summed E-state index contributed by atoms with van der Waals surface area (Å²) in [6.45, 7) is 0.237. The molecule has 0 aromatic carbocycles. The van der Waals surface area contributed by atoms with Gasteiger partial charge in [-0.3, -0.25) is 9.11 Å². The molecule has 0 aliphatic carbocycles. The van der Waals surface area contributed by atoms with E-state index in [4.69, 9.17) is 17.5 Å². The maximum absolute atomic E-state index is 11.5. The average Bonchev–Trinajstić information content (AvgIpc) is 1.42. The number of alkyl halides is 5. The van der Waals surface area contributed by atoms with Gasteiger partial charge in [-0.2, -0.15) is 21.6 Å². The highest BCUT2D eigenvalue weighted by Crippen LogP contribution is 2.30. The second-order valence-corrected chi connectivity index (χ2v) is 3.21. The van der Waals surface area contributed by atoms with Gasteiger partial charge in [-0.25, -0.2) is 8.78 Å². The lowest BCUT2D eigenvalue weighted by molar-refractivity contribution is -0.182. The molecule has 0 radical (unpaired) electrons. The van der Waals surface area contributed by atoms with E-state index in [1.807, 2.05) is 0 Å². The van der Waals surface area contributed by atoms with E-state index < -0.39 is 28.9 Å². The van der Waals surface area contributed by atoms with E-state index in [0.29, 0.717) is 0 Å². The predicted molar refractivity (Wildman–Crippen MR) is 35.5 cm³/mol. The van der Waals surface area contributed by atoms with Crippen LogP contribution in [0.3, 0.4) is 0 Å². The van der Waals surface area contributed by atoms with Crippen LogP contribution in [0.5, 0.6) is 0 Å². The van der Waals surface area contributed by atoms with Crippen LogP contribution in [0.2, 0.25) is 0 Å². The fraction of sp³-hybridized carbons (Fsp3) is 1.00. The van der Waals surface area contributed by atoms with Crippen molar-refractivity contribution < 1.29 is 39.5 Å². The summed E-state index contributed by atoms with van der Waals surface area (Å²) in [5.74, 6) is -3.64. The monoisotopic (exact) mass is 246 g/mol. The third-order valence-electron chi connectivity index (χ3n) is 0.511. The van der Waals surface area contributed by atoms with E-state index >= 15 is 0 Å². The van der Waals surface area contributed by atoms with Crippen LogP contribution in [-0.4, -0.2) is 29.6 Å². The highest BCUT2D eigenvalue weighted by molar-refractivity contribution is 7.79. The molecule has 0 unspecified atom stereocenters. The molecule has 0 saturated heterocycles. The van der Waals surface area contributed by atoms with Crippen molar-refractivity contribution in [3.63, 3.8) is 0 Å². The minimum atomic E-state index is -4.77. The molecule has 14 heavy (non-hydrogen) atoms. The Labute approximate surface area is 76.3 Å². The first-order chi connectivity index (χ1) is 5.71. The number of hydrogen-bond donors (Lipinski definition) is 2. The van der Waals surface area contributed by atoms with Gasteiger partial charge in [0, 0.05) is 0 Å². The summed E-state index contributed by atoms with van der Waals surface area (Å²) < 4.78 is 87.8. The predicted octanol–water partition coefficient (Wildman–Crippen LogP) is 1.94. The van der Waals surface area contributed by atoms with Gasteiger partial charge in [-0.15, -0.1) is 0 Å². The molecule has 2 N–H and O–H groups in total. The summed E-state index contributed by atoms with van der Waals surface area (Å²) in [5, 5.41) is 0. The quantitative estimate of drug-likeness (QED) is 0.547. The third kappa shape index (κ3) is 41.8. The Bertz CT molecular complexity index is 230. The van der Waals surface area contributed by atoms with Crippen LogP contribution < -0.4 is 0 Å². The van der Waals surface area contributed by atoms with Gasteiger partial charge in [-0.05, 0) is 6.92 Å². The lowest BCUT2D eigenvalue weighted by Gasteiger charge is -2.11. The lowest BCUT2D eigenvalue weighted by atomic mass is 10.3. The van der Waals surface area contributed by atoms with Crippen molar-refractivity contribution in [1.82, 2.24) is 0 Å². The normalized spacial score (nSPS) is 13.1. The highest BCUT2D eigenvalue weighted by Gasteiger charge is 2.39. The maximum Gasteiger partial charge on any atom is 0.394 e. The smallest absolute Gasteiger partial charge is 0.264 e. The Balaban J connectivity index is 0. The van der Waals surface area contributed by atoms with Gasteiger partial charge < -0.3 is 0 Å². The van der Waals surface area contributed by atoms with Crippen molar-refractivity contribution in [2.45, 2.75) is 25.4 Å². The summed E-state index contributed by atoms with van der Waals surface area (Å²) in [7, 11) is -4.67. The van der Waals surface area contributed by atoms with Crippen molar-refractivity contribution in [3.05, 3.63) is 0 Å². The Morgan fingerprint density at radius 2 is 1.29 bits per heavy atom. The van der Waals surface area contributed by atoms with Crippen LogP contribution in [0.1, 0.15) is 13.3 Å². The van der Waals surface area contributed by atoms with E-state index in [9.17, 15) is 22.0 Å². The topological polar surface area (TPSA) is 74.6 Å². The van der Waals surface area contributed by atoms with Crippen molar-refractivity contribution in [1.29, 1.82) is 0 Å². The molecule has 0 heterocycles. The van der Waals surface area contributed by atoms with Gasteiger partial charge in [0.25, 0.3) is 5.92 Å². The molecule has 4 nitrogen and oxygen atoms in total. The Morgan fingerprint density at radius 1 is 1.07 bits per heavy atom. The minimum Gasteiger partial charge on any atom is -0.264 e. The molecule has 0 aliphatic rings. The van der Waals surface area contributed by atoms with Gasteiger partial charge in [0.2, 0.25) is 0 Å². The number of hydrogen-bond acceptors (Lipinski definition) is 2. The average molecular weight is 246 g/mol. The zero-order valence-electron chi connectivity index (χ0n) is 6.72.